The molecule has 27 heavy (non-hydrogen) atoms. The Morgan fingerprint density at radius 2 is 1.67 bits per heavy atom. The van der Waals surface area contributed by atoms with Gasteiger partial charge in [-0.05, 0) is 18.2 Å². The highest BCUT2D eigenvalue weighted by molar-refractivity contribution is 7.99. The maximum Gasteiger partial charge on any atom is 0.233 e. The van der Waals surface area contributed by atoms with Crippen LogP contribution in [-0.4, -0.2) is 35.0 Å². The summed E-state index contributed by atoms with van der Waals surface area (Å²) in [6, 6.07) is 23.6. The third kappa shape index (κ3) is 6.42. The molecule has 0 bridgehead atoms. The van der Waals surface area contributed by atoms with Crippen molar-refractivity contribution in [3.05, 3.63) is 72.8 Å². The van der Waals surface area contributed by atoms with Crippen LogP contribution in [0.15, 0.2) is 77.7 Å². The number of nitrogens with zero attached hydrogens (tertiary/aromatic N) is 2. The zero-order valence-electron chi connectivity index (χ0n) is 14.9. The summed E-state index contributed by atoms with van der Waals surface area (Å²) in [4.78, 5) is 13.0. The smallest absolute Gasteiger partial charge is 0.233 e. The average Bonchev–Trinajstić information content (AvgIpc) is 2.73. The molecule has 1 aromatic heterocycles. The third-order valence-corrected chi connectivity index (χ3v) is 4.74. The van der Waals surface area contributed by atoms with E-state index in [-0.39, 0.29) is 5.91 Å². The first-order valence-electron chi connectivity index (χ1n) is 8.78. The van der Waals surface area contributed by atoms with Crippen molar-refractivity contribution in [2.75, 3.05) is 18.9 Å². The molecule has 0 saturated carbocycles. The minimum Gasteiger partial charge on any atom is -0.475 e. The second-order valence-corrected chi connectivity index (χ2v) is 6.90. The number of amides is 1. The van der Waals surface area contributed by atoms with Crippen molar-refractivity contribution in [3.8, 4) is 17.1 Å². The van der Waals surface area contributed by atoms with E-state index in [2.05, 4.69) is 15.5 Å². The molecular weight excluding hydrogens is 358 g/mol. The van der Waals surface area contributed by atoms with Crippen molar-refractivity contribution >= 4 is 17.7 Å². The Kier molecular flexibility index (Phi) is 7.24. The van der Waals surface area contributed by atoms with Crippen LogP contribution in [0.1, 0.15) is 6.42 Å². The summed E-state index contributed by atoms with van der Waals surface area (Å²) in [6.07, 6.45) is 0.477. The molecule has 0 unspecified atom stereocenters. The second-order valence-electron chi connectivity index (χ2n) is 5.73. The molecule has 1 amide bonds. The van der Waals surface area contributed by atoms with Crippen LogP contribution in [0.3, 0.4) is 0 Å². The molecule has 1 N–H and O–H groups in total. The maximum absolute atomic E-state index is 11.8. The number of nitrogens with one attached hydrogen (secondary N) is 1. The van der Waals surface area contributed by atoms with E-state index < -0.39 is 0 Å². The molecule has 138 valence electrons. The van der Waals surface area contributed by atoms with Crippen LogP contribution in [0.5, 0.6) is 5.88 Å². The highest BCUT2D eigenvalue weighted by Crippen LogP contribution is 2.18. The van der Waals surface area contributed by atoms with Gasteiger partial charge >= 0.3 is 0 Å². The summed E-state index contributed by atoms with van der Waals surface area (Å²) >= 11 is 1.67. The van der Waals surface area contributed by atoms with Crippen LogP contribution in [0.2, 0.25) is 0 Å². The van der Waals surface area contributed by atoms with E-state index in [4.69, 9.17) is 4.74 Å². The number of rotatable bonds is 9. The molecule has 0 radical (unpaired) electrons. The minimum atomic E-state index is 0.0209. The predicted octanol–water partition coefficient (Wildman–Crippen LogP) is 3.82. The van der Waals surface area contributed by atoms with E-state index in [1.807, 2.05) is 66.7 Å². The van der Waals surface area contributed by atoms with Gasteiger partial charge in [-0.25, -0.2) is 0 Å². The Morgan fingerprint density at radius 3 is 2.37 bits per heavy atom. The van der Waals surface area contributed by atoms with E-state index in [1.54, 1.807) is 17.8 Å². The predicted molar refractivity (Wildman–Crippen MR) is 108 cm³/mol. The molecule has 0 aliphatic rings. The first kappa shape index (κ1) is 18.9. The van der Waals surface area contributed by atoms with E-state index in [9.17, 15) is 4.79 Å². The van der Waals surface area contributed by atoms with Crippen LogP contribution in [-0.2, 0) is 4.79 Å². The van der Waals surface area contributed by atoms with Gasteiger partial charge in [-0.3, -0.25) is 4.79 Å². The van der Waals surface area contributed by atoms with Gasteiger partial charge in [0.1, 0.15) is 6.61 Å². The fourth-order valence-electron chi connectivity index (χ4n) is 2.37. The van der Waals surface area contributed by atoms with Gasteiger partial charge < -0.3 is 10.1 Å². The molecule has 3 aromatic rings. The number of ether oxygens (including phenoxy) is 1. The van der Waals surface area contributed by atoms with E-state index >= 15 is 0 Å². The number of carbonyl (C=O) groups is 1. The molecule has 6 heteroatoms. The Balaban J connectivity index is 1.32. The lowest BCUT2D eigenvalue weighted by Crippen LogP contribution is -2.28. The summed E-state index contributed by atoms with van der Waals surface area (Å²) in [7, 11) is 0. The van der Waals surface area contributed by atoms with Crippen LogP contribution in [0, 0.1) is 0 Å². The number of benzene rings is 2. The highest BCUT2D eigenvalue weighted by Gasteiger charge is 2.03. The number of carbonyl (C=O) groups excluding carboxylic acids is 1. The van der Waals surface area contributed by atoms with Crippen molar-refractivity contribution in [3.63, 3.8) is 0 Å². The van der Waals surface area contributed by atoms with Gasteiger partial charge in [0, 0.05) is 28.7 Å². The Morgan fingerprint density at radius 1 is 0.926 bits per heavy atom. The van der Waals surface area contributed by atoms with Crippen molar-refractivity contribution in [1.82, 2.24) is 15.5 Å². The number of thioether (sulfide) groups is 1. The SMILES string of the molecule is O=C(CCSc1ccccc1)NCCOc1ccc(-c2ccccc2)nn1. The van der Waals surface area contributed by atoms with Gasteiger partial charge in [-0.2, -0.15) is 0 Å². The summed E-state index contributed by atoms with van der Waals surface area (Å²) < 4.78 is 5.53. The Labute approximate surface area is 163 Å². The van der Waals surface area contributed by atoms with Crippen LogP contribution < -0.4 is 10.1 Å². The molecule has 3 rings (SSSR count). The first-order chi connectivity index (χ1) is 13.3. The fourth-order valence-corrected chi connectivity index (χ4v) is 3.25. The van der Waals surface area contributed by atoms with Gasteiger partial charge in [0.25, 0.3) is 0 Å². The van der Waals surface area contributed by atoms with Gasteiger partial charge in [0.2, 0.25) is 11.8 Å². The van der Waals surface area contributed by atoms with Gasteiger partial charge in [-0.15, -0.1) is 22.0 Å². The second kappa shape index (κ2) is 10.3. The highest BCUT2D eigenvalue weighted by atomic mass is 32.2. The van der Waals surface area contributed by atoms with Crippen molar-refractivity contribution < 1.29 is 9.53 Å². The van der Waals surface area contributed by atoms with E-state index in [0.717, 1.165) is 17.0 Å². The first-order valence-corrected chi connectivity index (χ1v) is 9.76. The third-order valence-electron chi connectivity index (χ3n) is 3.72. The summed E-state index contributed by atoms with van der Waals surface area (Å²) in [5, 5.41) is 11.1. The molecule has 0 spiro atoms. The standard InChI is InChI=1S/C21H21N3O2S/c25-20(13-16-27-18-9-5-2-6-10-18)22-14-15-26-21-12-11-19(23-24-21)17-7-3-1-4-8-17/h1-12H,13-16H2,(H,22,25). The number of hydrogen-bond acceptors (Lipinski definition) is 5. The zero-order chi connectivity index (χ0) is 18.7. The molecule has 0 atom stereocenters. The lowest BCUT2D eigenvalue weighted by atomic mass is 10.1. The fraction of sp³-hybridized carbons (Fsp3) is 0.190. The lowest BCUT2D eigenvalue weighted by Gasteiger charge is -2.07. The van der Waals surface area contributed by atoms with Crippen molar-refractivity contribution in [2.24, 2.45) is 0 Å². The molecule has 1 heterocycles. The van der Waals surface area contributed by atoms with Gasteiger partial charge in [0.15, 0.2) is 0 Å². The quantitative estimate of drug-likeness (QED) is 0.452. The van der Waals surface area contributed by atoms with E-state index in [1.165, 1.54) is 4.90 Å². The molecular formula is C21H21N3O2S. The van der Waals surface area contributed by atoms with Crippen LogP contribution in [0.25, 0.3) is 11.3 Å². The Hall–Kier alpha value is -2.86. The maximum atomic E-state index is 11.8. The van der Waals surface area contributed by atoms with Crippen LogP contribution in [0.4, 0.5) is 0 Å². The normalized spacial score (nSPS) is 10.4. The van der Waals surface area contributed by atoms with E-state index in [0.29, 0.717) is 25.5 Å². The molecule has 0 aliphatic heterocycles. The largest absolute Gasteiger partial charge is 0.475 e. The summed E-state index contributed by atoms with van der Waals surface area (Å²) in [6.45, 7) is 0.799. The summed E-state index contributed by atoms with van der Waals surface area (Å²) in [5.74, 6) is 1.22. The lowest BCUT2D eigenvalue weighted by molar-refractivity contribution is -0.120. The minimum absolute atomic E-state index is 0.0209. The average molecular weight is 379 g/mol. The zero-order valence-corrected chi connectivity index (χ0v) is 15.7. The molecule has 5 nitrogen and oxygen atoms in total. The monoisotopic (exact) mass is 379 g/mol. The number of aromatic nitrogens is 2. The van der Waals surface area contributed by atoms with Crippen molar-refractivity contribution in [1.29, 1.82) is 0 Å². The van der Waals surface area contributed by atoms with Gasteiger partial charge in [0.05, 0.1) is 12.2 Å². The summed E-state index contributed by atoms with van der Waals surface area (Å²) in [5.41, 5.74) is 1.81. The van der Waals surface area contributed by atoms with Crippen LogP contribution >= 0.6 is 11.8 Å². The Bertz CT molecular complexity index is 827. The molecule has 0 aliphatic carbocycles. The number of hydrogen-bond donors (Lipinski definition) is 1. The van der Waals surface area contributed by atoms with Crippen molar-refractivity contribution in [2.45, 2.75) is 11.3 Å². The molecule has 0 fully saturated rings. The van der Waals surface area contributed by atoms with Gasteiger partial charge in [-0.1, -0.05) is 48.5 Å². The molecule has 0 saturated heterocycles. The molecule has 2 aromatic carbocycles. The topological polar surface area (TPSA) is 64.1 Å².